The lowest BCUT2D eigenvalue weighted by atomic mass is 10.1. The van der Waals surface area contributed by atoms with Gasteiger partial charge < -0.3 is 8.23 Å². The van der Waals surface area contributed by atoms with Gasteiger partial charge in [-0.2, -0.15) is 0 Å². The molecule has 0 saturated carbocycles. The van der Waals surface area contributed by atoms with Crippen molar-refractivity contribution in [1.29, 1.82) is 0 Å². The molecule has 2 nitrogen and oxygen atoms in total. The van der Waals surface area contributed by atoms with Gasteiger partial charge in [-0.15, -0.1) is 26.3 Å². The third-order valence-electron chi connectivity index (χ3n) is 2.91. The topological polar surface area (TPSA) is 18.5 Å². The van der Waals surface area contributed by atoms with Crippen LogP contribution >= 0.6 is 0 Å². The molecule has 0 radical (unpaired) electrons. The van der Waals surface area contributed by atoms with Crippen molar-refractivity contribution >= 4 is 17.1 Å². The van der Waals surface area contributed by atoms with Gasteiger partial charge in [-0.3, -0.25) is 0 Å². The van der Waals surface area contributed by atoms with Crippen molar-refractivity contribution in [2.45, 2.75) is 24.2 Å². The molecule has 0 amide bonds. The van der Waals surface area contributed by atoms with Gasteiger partial charge in [-0.05, 0) is 13.1 Å². The van der Waals surface area contributed by atoms with Crippen LogP contribution in [0.4, 0.5) is 0 Å². The molecule has 0 bridgehead atoms. The fourth-order valence-electron chi connectivity index (χ4n) is 2.15. The van der Waals surface area contributed by atoms with Gasteiger partial charge in [-0.1, -0.05) is 24.3 Å². The summed E-state index contributed by atoms with van der Waals surface area (Å²) < 4.78 is 12.3. The highest BCUT2D eigenvalue weighted by molar-refractivity contribution is 6.95. The molecular weight excluding hydrogens is 232 g/mol. The normalized spacial score (nSPS) is 21.6. The van der Waals surface area contributed by atoms with E-state index in [0.29, 0.717) is 0 Å². The van der Waals surface area contributed by atoms with E-state index in [0.717, 1.165) is 6.04 Å². The van der Waals surface area contributed by atoms with E-state index in [2.05, 4.69) is 26.3 Å². The average Bonchev–Trinajstić information content (AvgIpc) is 2.18. The van der Waals surface area contributed by atoms with E-state index in [1.165, 1.54) is 0 Å². The summed E-state index contributed by atoms with van der Waals surface area (Å²) >= 11 is 0. The van der Waals surface area contributed by atoms with Crippen LogP contribution in [0.25, 0.3) is 0 Å². The van der Waals surface area contributed by atoms with Gasteiger partial charge in [0, 0.05) is 6.04 Å². The first-order chi connectivity index (χ1) is 7.41. The van der Waals surface area contributed by atoms with Crippen molar-refractivity contribution in [2.24, 2.45) is 0 Å². The lowest BCUT2D eigenvalue weighted by Crippen LogP contribution is -2.71. The van der Waals surface area contributed by atoms with Crippen LogP contribution in [0.2, 0.25) is 24.2 Å². The molecule has 0 N–H and O–H groups in total. The minimum Gasteiger partial charge on any atom is -0.415 e. The van der Waals surface area contributed by atoms with Crippen LogP contribution in [0.5, 0.6) is 0 Å². The predicted molar refractivity (Wildman–Crippen MR) is 73.7 cm³/mol. The van der Waals surface area contributed by atoms with Gasteiger partial charge in [0.25, 0.3) is 0 Å². The first-order valence-corrected chi connectivity index (χ1v) is 10.2. The Balaban J connectivity index is 3.12. The van der Waals surface area contributed by atoms with Crippen molar-refractivity contribution in [3.8, 4) is 0 Å². The van der Waals surface area contributed by atoms with Gasteiger partial charge in [-0.25, -0.2) is 0 Å². The third-order valence-corrected chi connectivity index (χ3v) is 12.2. The second-order valence-electron chi connectivity index (χ2n) is 4.40. The number of allylic oxidation sites excluding steroid dienone is 4. The van der Waals surface area contributed by atoms with Crippen LogP contribution in [0.1, 0.15) is 0 Å². The van der Waals surface area contributed by atoms with Crippen molar-refractivity contribution in [3.63, 3.8) is 0 Å². The quantitative estimate of drug-likeness (QED) is 0.530. The maximum Gasteiger partial charge on any atom is 0.342 e. The van der Waals surface area contributed by atoms with E-state index in [1.807, 2.05) is 37.4 Å². The van der Waals surface area contributed by atoms with Gasteiger partial charge in [0.1, 0.15) is 0 Å². The van der Waals surface area contributed by atoms with Crippen LogP contribution in [-0.4, -0.2) is 17.1 Å². The van der Waals surface area contributed by atoms with Crippen molar-refractivity contribution < 1.29 is 8.23 Å². The summed E-state index contributed by atoms with van der Waals surface area (Å²) in [5.41, 5.74) is 0. The highest BCUT2D eigenvalue weighted by Gasteiger charge is 2.64. The maximum atomic E-state index is 6.16. The molecule has 1 aliphatic heterocycles. The third kappa shape index (κ3) is 1.82. The lowest BCUT2D eigenvalue weighted by Gasteiger charge is -2.56. The van der Waals surface area contributed by atoms with Crippen LogP contribution in [-0.2, 0) is 8.23 Å². The monoisotopic (exact) mass is 252 g/mol. The largest absolute Gasteiger partial charge is 0.415 e. The first-order valence-electron chi connectivity index (χ1n) is 5.33. The summed E-state index contributed by atoms with van der Waals surface area (Å²) in [6, 6.07) is 0.730. The van der Waals surface area contributed by atoms with Gasteiger partial charge in [0.05, 0.1) is 5.04 Å². The Morgan fingerprint density at radius 3 is 1.69 bits per heavy atom. The Hall–Kier alpha value is -0.686. The molecule has 1 aliphatic rings. The van der Waals surface area contributed by atoms with Gasteiger partial charge in [0.2, 0.25) is 0 Å². The van der Waals surface area contributed by atoms with Crippen molar-refractivity contribution in [2.75, 3.05) is 0 Å². The lowest BCUT2D eigenvalue weighted by molar-refractivity contribution is 0.213. The fourth-order valence-corrected chi connectivity index (χ4v) is 12.3. The molecule has 1 saturated heterocycles. The Morgan fingerprint density at radius 2 is 1.44 bits per heavy atom. The second kappa shape index (κ2) is 4.29. The molecule has 88 valence electrons. The standard InChI is InChI=1S/C12H20O2Si2/c1-7-11-16(13-15(5,6)14-16)12(8-2,9-3)10-4/h7-10H,1-4,11H2,5-6H3. The Labute approximate surface area is 100 Å². The summed E-state index contributed by atoms with van der Waals surface area (Å²) in [7, 11) is -4.28. The molecule has 1 fully saturated rings. The van der Waals surface area contributed by atoms with E-state index in [1.54, 1.807) is 0 Å². The maximum absolute atomic E-state index is 6.16. The van der Waals surface area contributed by atoms with E-state index >= 15 is 0 Å². The average molecular weight is 252 g/mol. The smallest absolute Gasteiger partial charge is 0.342 e. The molecule has 0 atom stereocenters. The summed E-state index contributed by atoms with van der Waals surface area (Å²) in [5.74, 6) is 0. The fraction of sp³-hybridized carbons (Fsp3) is 0.333. The van der Waals surface area contributed by atoms with Crippen molar-refractivity contribution in [3.05, 3.63) is 50.6 Å². The number of rotatable bonds is 6. The number of hydrogen-bond acceptors (Lipinski definition) is 2. The zero-order valence-electron chi connectivity index (χ0n) is 10.2. The van der Waals surface area contributed by atoms with E-state index in [9.17, 15) is 0 Å². The molecule has 0 aliphatic carbocycles. The summed E-state index contributed by atoms with van der Waals surface area (Å²) in [6.07, 6.45) is 7.33. The van der Waals surface area contributed by atoms with E-state index < -0.39 is 22.2 Å². The predicted octanol–water partition coefficient (Wildman–Crippen LogP) is 3.66. The molecule has 0 aromatic rings. The summed E-state index contributed by atoms with van der Waals surface area (Å²) in [6.45, 7) is 19.5. The molecule has 0 unspecified atom stereocenters. The van der Waals surface area contributed by atoms with Gasteiger partial charge >= 0.3 is 17.1 Å². The minimum atomic E-state index is -2.37. The Kier molecular flexibility index (Phi) is 3.59. The van der Waals surface area contributed by atoms with Crippen LogP contribution in [0, 0.1) is 0 Å². The molecule has 4 heteroatoms. The van der Waals surface area contributed by atoms with Crippen LogP contribution in [0.15, 0.2) is 50.6 Å². The minimum absolute atomic E-state index is 0.427. The first kappa shape index (κ1) is 13.4. The van der Waals surface area contributed by atoms with Crippen LogP contribution in [0.3, 0.4) is 0 Å². The Morgan fingerprint density at radius 1 is 1.00 bits per heavy atom. The molecule has 0 aromatic heterocycles. The van der Waals surface area contributed by atoms with Crippen LogP contribution < -0.4 is 0 Å². The SMILES string of the molecule is C=CC[Si]1(C(C=C)(C=C)C=C)O[Si](C)(C)O1. The second-order valence-corrected chi connectivity index (χ2v) is 11.6. The molecule has 0 spiro atoms. The number of hydrogen-bond donors (Lipinski definition) is 0. The van der Waals surface area contributed by atoms with E-state index in [-0.39, 0.29) is 0 Å². The van der Waals surface area contributed by atoms with E-state index in [4.69, 9.17) is 8.23 Å². The highest BCUT2D eigenvalue weighted by atomic mass is 28.5. The molecule has 16 heavy (non-hydrogen) atoms. The molecule has 1 rings (SSSR count). The van der Waals surface area contributed by atoms with Crippen molar-refractivity contribution in [1.82, 2.24) is 0 Å². The molecular formula is C12H20O2Si2. The Bertz CT molecular complexity index is 304. The molecule has 0 aromatic carbocycles. The molecule has 1 heterocycles. The zero-order chi connectivity index (χ0) is 12.4. The highest BCUT2D eigenvalue weighted by Crippen LogP contribution is 2.52. The summed E-state index contributed by atoms with van der Waals surface area (Å²) in [4.78, 5) is 0. The zero-order valence-corrected chi connectivity index (χ0v) is 12.2. The van der Waals surface area contributed by atoms with Gasteiger partial charge in [0.15, 0.2) is 0 Å². The summed E-state index contributed by atoms with van der Waals surface area (Å²) in [5, 5.41) is -0.427.